The molecule has 4 rings (SSSR count). The molecule has 0 aromatic heterocycles. The predicted molar refractivity (Wildman–Crippen MR) is 123 cm³/mol. The summed E-state index contributed by atoms with van der Waals surface area (Å²) in [5, 5.41) is 0. The highest BCUT2D eigenvalue weighted by molar-refractivity contribution is 5.87. The van der Waals surface area contributed by atoms with Crippen LogP contribution in [0.15, 0.2) is 91.0 Å². The van der Waals surface area contributed by atoms with Crippen molar-refractivity contribution < 1.29 is 4.79 Å². The third-order valence-electron chi connectivity index (χ3n) is 6.40. The lowest BCUT2D eigenvalue weighted by Crippen LogP contribution is -2.36. The molecule has 1 fully saturated rings. The van der Waals surface area contributed by atoms with E-state index in [9.17, 15) is 4.79 Å². The van der Waals surface area contributed by atoms with Crippen molar-refractivity contribution in [3.63, 3.8) is 0 Å². The Morgan fingerprint density at radius 1 is 0.767 bits per heavy atom. The highest BCUT2D eigenvalue weighted by atomic mass is 16.2. The quantitative estimate of drug-likeness (QED) is 0.441. The Bertz CT molecular complexity index is 923. The first kappa shape index (κ1) is 20.4. The maximum Gasteiger partial charge on any atom is 0.231 e. The van der Waals surface area contributed by atoms with E-state index in [0.717, 1.165) is 31.2 Å². The minimum atomic E-state index is -0.0461. The largest absolute Gasteiger partial charge is 0.334 e. The fourth-order valence-corrected chi connectivity index (χ4v) is 4.92. The van der Waals surface area contributed by atoms with Crippen LogP contribution in [0.1, 0.15) is 48.8 Å². The van der Waals surface area contributed by atoms with Crippen molar-refractivity contribution in [2.24, 2.45) is 5.92 Å². The van der Waals surface area contributed by atoms with Crippen LogP contribution in [0.25, 0.3) is 0 Å². The molecule has 1 amide bonds. The first-order valence-corrected chi connectivity index (χ1v) is 11.2. The zero-order valence-corrected chi connectivity index (χ0v) is 17.8. The Morgan fingerprint density at radius 2 is 1.33 bits per heavy atom. The molecule has 2 nitrogen and oxygen atoms in total. The smallest absolute Gasteiger partial charge is 0.231 e. The summed E-state index contributed by atoms with van der Waals surface area (Å²) in [6.45, 7) is 2.92. The molecule has 30 heavy (non-hydrogen) atoms. The van der Waals surface area contributed by atoms with Crippen LogP contribution in [-0.4, -0.2) is 16.8 Å². The number of nitrogens with zero attached hydrogens (tertiary/aromatic N) is 1. The maximum atomic E-state index is 13.8. The van der Waals surface area contributed by atoms with Gasteiger partial charge in [0.25, 0.3) is 0 Å². The number of amides is 1. The van der Waals surface area contributed by atoms with E-state index in [1.54, 1.807) is 0 Å². The van der Waals surface area contributed by atoms with Gasteiger partial charge in [-0.2, -0.15) is 0 Å². The molecule has 0 N–H and O–H groups in total. The van der Waals surface area contributed by atoms with E-state index in [4.69, 9.17) is 0 Å². The minimum Gasteiger partial charge on any atom is -0.334 e. The van der Waals surface area contributed by atoms with Crippen LogP contribution >= 0.6 is 0 Å². The van der Waals surface area contributed by atoms with Gasteiger partial charge in [-0.15, -0.1) is 0 Å². The Kier molecular flexibility index (Phi) is 6.63. The lowest BCUT2D eigenvalue weighted by atomic mass is 9.80. The van der Waals surface area contributed by atoms with E-state index in [1.807, 2.05) is 12.1 Å². The van der Waals surface area contributed by atoms with Crippen LogP contribution in [0.2, 0.25) is 0 Å². The second-order valence-electron chi connectivity index (χ2n) is 8.40. The number of hydrogen-bond donors (Lipinski definition) is 0. The summed E-state index contributed by atoms with van der Waals surface area (Å²) in [7, 11) is 0. The topological polar surface area (TPSA) is 20.3 Å². The van der Waals surface area contributed by atoms with Crippen molar-refractivity contribution in [2.75, 3.05) is 0 Å². The molecule has 0 unspecified atom stereocenters. The van der Waals surface area contributed by atoms with Crippen molar-refractivity contribution in [1.29, 1.82) is 0 Å². The SMILES string of the molecule is CCCC[C@@H]1[C@@H](c2ccccc2)C(=O)N(Cc2ccccc2)[C@H]1Cc1ccccc1. The van der Waals surface area contributed by atoms with Gasteiger partial charge in [-0.05, 0) is 35.4 Å². The van der Waals surface area contributed by atoms with Gasteiger partial charge in [-0.25, -0.2) is 0 Å². The summed E-state index contributed by atoms with van der Waals surface area (Å²) < 4.78 is 0. The molecule has 3 aromatic rings. The normalized spacial score (nSPS) is 21.2. The fraction of sp³-hybridized carbons (Fsp3) is 0.321. The summed E-state index contributed by atoms with van der Waals surface area (Å²) in [5.74, 6) is 0.575. The van der Waals surface area contributed by atoms with Gasteiger partial charge >= 0.3 is 0 Å². The molecule has 1 saturated heterocycles. The van der Waals surface area contributed by atoms with Crippen LogP contribution in [-0.2, 0) is 17.8 Å². The number of unbranched alkanes of at least 4 members (excludes halogenated alkanes) is 1. The molecule has 3 atom stereocenters. The summed E-state index contributed by atoms with van der Waals surface area (Å²) in [4.78, 5) is 16.0. The van der Waals surface area contributed by atoms with Gasteiger partial charge in [-0.3, -0.25) is 4.79 Å². The van der Waals surface area contributed by atoms with E-state index in [-0.39, 0.29) is 17.9 Å². The van der Waals surface area contributed by atoms with Crippen LogP contribution in [0.4, 0.5) is 0 Å². The first-order valence-electron chi connectivity index (χ1n) is 11.2. The fourth-order valence-electron chi connectivity index (χ4n) is 4.92. The highest BCUT2D eigenvalue weighted by Crippen LogP contribution is 2.43. The molecule has 154 valence electrons. The van der Waals surface area contributed by atoms with Gasteiger partial charge in [-0.1, -0.05) is 111 Å². The van der Waals surface area contributed by atoms with Gasteiger partial charge in [0.05, 0.1) is 5.92 Å². The first-order chi connectivity index (χ1) is 14.8. The molecule has 0 saturated carbocycles. The Balaban J connectivity index is 1.71. The lowest BCUT2D eigenvalue weighted by molar-refractivity contribution is -0.130. The third kappa shape index (κ3) is 4.48. The average molecular weight is 398 g/mol. The predicted octanol–water partition coefficient (Wildman–Crippen LogP) is 6.23. The summed E-state index contributed by atoms with van der Waals surface area (Å²) in [5.41, 5.74) is 3.67. The van der Waals surface area contributed by atoms with Crippen LogP contribution in [0.5, 0.6) is 0 Å². The number of likely N-dealkylation sites (tertiary alicyclic amines) is 1. The zero-order valence-electron chi connectivity index (χ0n) is 17.8. The standard InChI is InChI=1S/C28H31NO/c1-2-3-19-25-26(20-22-13-7-4-8-14-22)29(21-23-15-9-5-10-16-23)28(30)27(25)24-17-11-6-12-18-24/h4-18,25-27H,2-3,19-21H2,1H3/t25-,26-,27+/m0/s1. The van der Waals surface area contributed by atoms with Crippen LogP contribution < -0.4 is 0 Å². The minimum absolute atomic E-state index is 0.0461. The molecule has 3 aromatic carbocycles. The molecule has 0 radical (unpaired) electrons. The van der Waals surface area contributed by atoms with E-state index in [2.05, 4.69) is 90.7 Å². The second kappa shape index (κ2) is 9.75. The molecule has 0 bridgehead atoms. The van der Waals surface area contributed by atoms with Gasteiger partial charge in [0.1, 0.15) is 0 Å². The number of hydrogen-bond acceptors (Lipinski definition) is 1. The number of carbonyl (C=O) groups is 1. The zero-order chi connectivity index (χ0) is 20.8. The molecular formula is C28H31NO. The summed E-state index contributed by atoms with van der Waals surface area (Å²) in [6, 6.07) is 31.7. The van der Waals surface area contributed by atoms with Gasteiger partial charge in [0, 0.05) is 12.6 Å². The second-order valence-corrected chi connectivity index (χ2v) is 8.40. The summed E-state index contributed by atoms with van der Waals surface area (Å²) >= 11 is 0. The average Bonchev–Trinajstić information content (AvgIpc) is 3.05. The van der Waals surface area contributed by atoms with Crippen LogP contribution in [0, 0.1) is 5.92 Å². The van der Waals surface area contributed by atoms with E-state index in [0.29, 0.717) is 12.5 Å². The molecule has 0 aliphatic carbocycles. The molecule has 1 aliphatic rings. The van der Waals surface area contributed by atoms with E-state index in [1.165, 1.54) is 11.1 Å². The lowest BCUT2D eigenvalue weighted by Gasteiger charge is -2.29. The molecule has 0 spiro atoms. The van der Waals surface area contributed by atoms with Crippen molar-refractivity contribution in [3.8, 4) is 0 Å². The van der Waals surface area contributed by atoms with Crippen LogP contribution in [0.3, 0.4) is 0 Å². The molecule has 1 aliphatic heterocycles. The van der Waals surface area contributed by atoms with Crippen molar-refractivity contribution in [1.82, 2.24) is 4.90 Å². The number of benzene rings is 3. The number of carbonyl (C=O) groups excluding carboxylic acids is 1. The van der Waals surface area contributed by atoms with E-state index >= 15 is 0 Å². The van der Waals surface area contributed by atoms with E-state index < -0.39 is 0 Å². The Morgan fingerprint density at radius 3 is 1.93 bits per heavy atom. The summed E-state index contributed by atoms with van der Waals surface area (Å²) in [6.07, 6.45) is 4.32. The van der Waals surface area contributed by atoms with Crippen molar-refractivity contribution in [2.45, 2.75) is 51.1 Å². The van der Waals surface area contributed by atoms with Crippen molar-refractivity contribution in [3.05, 3.63) is 108 Å². The molecule has 1 heterocycles. The van der Waals surface area contributed by atoms with Gasteiger partial charge < -0.3 is 4.90 Å². The van der Waals surface area contributed by atoms with Gasteiger partial charge in [0.2, 0.25) is 5.91 Å². The van der Waals surface area contributed by atoms with Crippen molar-refractivity contribution >= 4 is 5.91 Å². The highest BCUT2D eigenvalue weighted by Gasteiger charge is 2.47. The Labute approximate surface area is 180 Å². The third-order valence-corrected chi connectivity index (χ3v) is 6.40. The Hall–Kier alpha value is -2.87. The maximum absolute atomic E-state index is 13.8. The number of rotatable bonds is 8. The monoisotopic (exact) mass is 397 g/mol. The molecular weight excluding hydrogens is 366 g/mol. The van der Waals surface area contributed by atoms with Gasteiger partial charge in [0.15, 0.2) is 0 Å². The molecule has 2 heteroatoms.